The van der Waals surface area contributed by atoms with Gasteiger partial charge < -0.3 is 15.4 Å². The molecule has 2 aromatic rings. The summed E-state index contributed by atoms with van der Waals surface area (Å²) < 4.78 is 18.4. The Balaban J connectivity index is 1.84. The number of nitrogen functional groups attached to an aromatic ring is 1. The molecule has 0 saturated carbocycles. The number of benzene rings is 1. The molecule has 0 radical (unpaired) electrons. The molecule has 0 aliphatic rings. The molecule has 1 aromatic carbocycles. The number of ether oxygens (including phenoxy) is 1. The Labute approximate surface area is 134 Å². The van der Waals surface area contributed by atoms with Gasteiger partial charge in [0.05, 0.1) is 6.54 Å². The minimum Gasteiger partial charge on any atom is -0.492 e. The minimum atomic E-state index is -0.279. The van der Waals surface area contributed by atoms with E-state index in [-0.39, 0.29) is 11.8 Å². The van der Waals surface area contributed by atoms with Crippen molar-refractivity contribution in [1.82, 2.24) is 19.9 Å². The van der Waals surface area contributed by atoms with E-state index in [4.69, 9.17) is 10.5 Å². The Kier molecular flexibility index (Phi) is 5.64. The van der Waals surface area contributed by atoms with Gasteiger partial charge in [0.1, 0.15) is 24.0 Å². The van der Waals surface area contributed by atoms with Crippen LogP contribution in [0.5, 0.6) is 5.75 Å². The van der Waals surface area contributed by atoms with E-state index in [0.29, 0.717) is 37.2 Å². The molecule has 0 unspecified atom stereocenters. The van der Waals surface area contributed by atoms with Gasteiger partial charge in [0, 0.05) is 20.6 Å². The Morgan fingerprint density at radius 2 is 1.78 bits per heavy atom. The number of anilines is 2. The van der Waals surface area contributed by atoms with Crippen molar-refractivity contribution in [3.8, 4) is 5.75 Å². The predicted octanol–water partition coefficient (Wildman–Crippen LogP) is 1.17. The number of hydrogen-bond donors (Lipinski definition) is 1. The summed E-state index contributed by atoms with van der Waals surface area (Å²) in [4.78, 5) is 16.3. The summed E-state index contributed by atoms with van der Waals surface area (Å²) in [5.74, 6) is 1.70. The molecular formula is C15H21FN6O. The van der Waals surface area contributed by atoms with Gasteiger partial charge in [-0.1, -0.05) is 0 Å². The fourth-order valence-electron chi connectivity index (χ4n) is 1.87. The summed E-state index contributed by atoms with van der Waals surface area (Å²) in [7, 11) is 5.63. The van der Waals surface area contributed by atoms with E-state index in [1.807, 2.05) is 26.0 Å². The van der Waals surface area contributed by atoms with E-state index in [2.05, 4.69) is 15.0 Å². The monoisotopic (exact) mass is 320 g/mol. The lowest BCUT2D eigenvalue weighted by atomic mass is 10.3. The molecule has 23 heavy (non-hydrogen) atoms. The molecule has 0 bridgehead atoms. The summed E-state index contributed by atoms with van der Waals surface area (Å²) >= 11 is 0. The molecule has 0 aliphatic heterocycles. The average molecular weight is 320 g/mol. The number of halogens is 1. The Morgan fingerprint density at radius 3 is 2.43 bits per heavy atom. The highest BCUT2D eigenvalue weighted by Gasteiger charge is 2.09. The summed E-state index contributed by atoms with van der Waals surface area (Å²) in [6.07, 6.45) is 0. The molecule has 2 N–H and O–H groups in total. The normalized spacial score (nSPS) is 10.8. The third-order valence-corrected chi connectivity index (χ3v) is 3.05. The van der Waals surface area contributed by atoms with Crippen LogP contribution in [0.15, 0.2) is 24.3 Å². The van der Waals surface area contributed by atoms with Crippen molar-refractivity contribution in [2.75, 3.05) is 44.9 Å². The van der Waals surface area contributed by atoms with Crippen molar-refractivity contribution in [2.24, 2.45) is 0 Å². The maximum atomic E-state index is 12.8. The summed E-state index contributed by atoms with van der Waals surface area (Å²) in [6.45, 7) is 1.67. The number of hydrogen-bond acceptors (Lipinski definition) is 7. The second-order valence-electron chi connectivity index (χ2n) is 5.34. The highest BCUT2D eigenvalue weighted by atomic mass is 19.1. The zero-order valence-electron chi connectivity index (χ0n) is 13.5. The molecule has 1 heterocycles. The lowest BCUT2D eigenvalue weighted by molar-refractivity contribution is 0.229. The van der Waals surface area contributed by atoms with Crippen molar-refractivity contribution in [3.05, 3.63) is 35.9 Å². The van der Waals surface area contributed by atoms with Gasteiger partial charge in [0.2, 0.25) is 11.9 Å². The Bertz CT molecular complexity index is 634. The molecule has 7 nitrogen and oxygen atoms in total. The van der Waals surface area contributed by atoms with E-state index in [9.17, 15) is 4.39 Å². The summed E-state index contributed by atoms with van der Waals surface area (Å²) in [5, 5.41) is 0. The van der Waals surface area contributed by atoms with Crippen LogP contribution in [0.2, 0.25) is 0 Å². The summed E-state index contributed by atoms with van der Waals surface area (Å²) in [6, 6.07) is 5.95. The lowest BCUT2D eigenvalue weighted by Gasteiger charge is -2.17. The molecular weight excluding hydrogens is 299 g/mol. The average Bonchev–Trinajstić information content (AvgIpc) is 2.48. The first-order chi connectivity index (χ1) is 10.9. The first-order valence-corrected chi connectivity index (χ1v) is 7.18. The smallest absolute Gasteiger partial charge is 0.229 e. The Morgan fingerprint density at radius 1 is 1.09 bits per heavy atom. The largest absolute Gasteiger partial charge is 0.492 e. The molecule has 0 spiro atoms. The topological polar surface area (TPSA) is 80.4 Å². The number of nitrogens with two attached hydrogens (primary N) is 1. The van der Waals surface area contributed by atoms with Crippen LogP contribution >= 0.6 is 0 Å². The van der Waals surface area contributed by atoms with Crippen molar-refractivity contribution in [2.45, 2.75) is 6.54 Å². The van der Waals surface area contributed by atoms with Crippen molar-refractivity contribution >= 4 is 11.9 Å². The quantitative estimate of drug-likeness (QED) is 0.820. The van der Waals surface area contributed by atoms with Crippen LogP contribution in [-0.4, -0.2) is 54.1 Å². The molecule has 2 rings (SSSR count). The SMILES string of the molecule is CN(CCOc1ccc(F)cc1)Cc1nc(N)nc(N(C)C)n1. The highest BCUT2D eigenvalue weighted by molar-refractivity contribution is 5.32. The van der Waals surface area contributed by atoms with Crippen molar-refractivity contribution in [1.29, 1.82) is 0 Å². The lowest BCUT2D eigenvalue weighted by Crippen LogP contribution is -2.26. The zero-order chi connectivity index (χ0) is 16.8. The minimum absolute atomic E-state index is 0.203. The number of likely N-dealkylation sites (N-methyl/N-ethyl adjacent to an activating group) is 1. The van der Waals surface area contributed by atoms with Crippen LogP contribution in [0, 0.1) is 5.82 Å². The number of nitrogens with zero attached hydrogens (tertiary/aromatic N) is 5. The molecule has 0 aliphatic carbocycles. The van der Waals surface area contributed by atoms with E-state index in [1.54, 1.807) is 17.0 Å². The van der Waals surface area contributed by atoms with Crippen LogP contribution in [0.25, 0.3) is 0 Å². The van der Waals surface area contributed by atoms with E-state index in [0.717, 1.165) is 0 Å². The number of rotatable bonds is 7. The van der Waals surface area contributed by atoms with Crippen LogP contribution in [0.3, 0.4) is 0 Å². The summed E-state index contributed by atoms with van der Waals surface area (Å²) in [5.41, 5.74) is 5.70. The van der Waals surface area contributed by atoms with Crippen LogP contribution in [0.4, 0.5) is 16.3 Å². The molecule has 0 saturated heterocycles. The molecule has 0 amide bonds. The van der Waals surface area contributed by atoms with E-state index >= 15 is 0 Å². The van der Waals surface area contributed by atoms with Gasteiger partial charge in [-0.05, 0) is 31.3 Å². The maximum Gasteiger partial charge on any atom is 0.229 e. The fourth-order valence-corrected chi connectivity index (χ4v) is 1.87. The third-order valence-electron chi connectivity index (χ3n) is 3.05. The van der Waals surface area contributed by atoms with Gasteiger partial charge in [-0.15, -0.1) is 0 Å². The van der Waals surface area contributed by atoms with Gasteiger partial charge in [0.25, 0.3) is 0 Å². The fraction of sp³-hybridized carbons (Fsp3) is 0.400. The molecule has 0 fully saturated rings. The second-order valence-corrected chi connectivity index (χ2v) is 5.34. The second kappa shape index (κ2) is 7.68. The van der Waals surface area contributed by atoms with Crippen LogP contribution in [-0.2, 0) is 6.54 Å². The third kappa shape index (κ3) is 5.33. The van der Waals surface area contributed by atoms with Gasteiger partial charge in [-0.3, -0.25) is 4.90 Å². The van der Waals surface area contributed by atoms with Crippen LogP contribution in [0.1, 0.15) is 5.82 Å². The molecule has 1 aromatic heterocycles. The van der Waals surface area contributed by atoms with E-state index in [1.165, 1.54) is 12.1 Å². The molecule has 124 valence electrons. The first-order valence-electron chi connectivity index (χ1n) is 7.18. The highest BCUT2D eigenvalue weighted by Crippen LogP contribution is 2.11. The van der Waals surface area contributed by atoms with Gasteiger partial charge in [-0.2, -0.15) is 15.0 Å². The number of aromatic nitrogens is 3. The molecule has 8 heteroatoms. The predicted molar refractivity (Wildman–Crippen MR) is 86.8 cm³/mol. The maximum absolute atomic E-state index is 12.8. The Hall–Kier alpha value is -2.48. The van der Waals surface area contributed by atoms with Gasteiger partial charge in [-0.25, -0.2) is 4.39 Å². The van der Waals surface area contributed by atoms with Crippen LogP contribution < -0.4 is 15.4 Å². The zero-order valence-corrected chi connectivity index (χ0v) is 13.5. The van der Waals surface area contributed by atoms with Crippen molar-refractivity contribution in [3.63, 3.8) is 0 Å². The molecule has 0 atom stereocenters. The van der Waals surface area contributed by atoms with Gasteiger partial charge in [0.15, 0.2) is 0 Å². The first kappa shape index (κ1) is 16.9. The van der Waals surface area contributed by atoms with Gasteiger partial charge >= 0.3 is 0 Å². The van der Waals surface area contributed by atoms with E-state index < -0.39 is 0 Å². The standard InChI is InChI=1S/C15H21FN6O/c1-21(2)15-19-13(18-14(17)20-15)10-22(3)8-9-23-12-6-4-11(16)5-7-12/h4-7H,8-10H2,1-3H3,(H2,17,18,19,20). The van der Waals surface area contributed by atoms with Crippen molar-refractivity contribution < 1.29 is 9.13 Å².